The SMILES string of the molecule is CC(C)N(CC#N)C(=O)c1cc(C(F)(F)F)ccc1Br. The van der Waals surface area contributed by atoms with E-state index in [0.717, 1.165) is 12.1 Å². The highest BCUT2D eigenvalue weighted by atomic mass is 79.9. The van der Waals surface area contributed by atoms with Crippen molar-refractivity contribution in [2.24, 2.45) is 0 Å². The number of hydrogen-bond donors (Lipinski definition) is 0. The lowest BCUT2D eigenvalue weighted by atomic mass is 10.1. The lowest BCUT2D eigenvalue weighted by Gasteiger charge is -2.24. The third-order valence-electron chi connectivity index (χ3n) is 2.65. The Morgan fingerprint density at radius 3 is 2.50 bits per heavy atom. The van der Waals surface area contributed by atoms with Gasteiger partial charge in [-0.15, -0.1) is 0 Å². The van der Waals surface area contributed by atoms with Crippen LogP contribution < -0.4 is 0 Å². The molecule has 3 nitrogen and oxygen atoms in total. The summed E-state index contributed by atoms with van der Waals surface area (Å²) in [5.41, 5.74) is -1.01. The lowest BCUT2D eigenvalue weighted by Crippen LogP contribution is -2.37. The number of carbonyl (C=O) groups excluding carboxylic acids is 1. The molecule has 0 atom stereocenters. The largest absolute Gasteiger partial charge is 0.416 e. The van der Waals surface area contributed by atoms with Gasteiger partial charge in [-0.2, -0.15) is 18.4 Å². The predicted molar refractivity (Wildman–Crippen MR) is 70.9 cm³/mol. The summed E-state index contributed by atoms with van der Waals surface area (Å²) >= 11 is 3.07. The Morgan fingerprint density at radius 2 is 2.05 bits per heavy atom. The van der Waals surface area contributed by atoms with E-state index in [2.05, 4.69) is 15.9 Å². The maximum absolute atomic E-state index is 12.7. The second-order valence-corrected chi connectivity index (χ2v) is 5.23. The molecule has 1 amide bonds. The van der Waals surface area contributed by atoms with E-state index >= 15 is 0 Å². The van der Waals surface area contributed by atoms with Gasteiger partial charge in [0, 0.05) is 10.5 Å². The topological polar surface area (TPSA) is 44.1 Å². The van der Waals surface area contributed by atoms with Crippen molar-refractivity contribution in [2.45, 2.75) is 26.1 Å². The highest BCUT2D eigenvalue weighted by Gasteiger charge is 2.32. The molecule has 0 heterocycles. The number of halogens is 4. The summed E-state index contributed by atoms with van der Waals surface area (Å²) in [6, 6.07) is 4.41. The summed E-state index contributed by atoms with van der Waals surface area (Å²) in [4.78, 5) is 13.5. The molecule has 0 bridgehead atoms. The summed E-state index contributed by atoms with van der Waals surface area (Å²) in [5.74, 6) is -0.612. The number of alkyl halides is 3. The van der Waals surface area contributed by atoms with Crippen molar-refractivity contribution >= 4 is 21.8 Å². The predicted octanol–water partition coefficient (Wildman–Crippen LogP) is 3.84. The molecular formula is C13H12BrF3N2O. The molecule has 0 aromatic heterocycles. The first-order valence-electron chi connectivity index (χ1n) is 5.73. The number of carbonyl (C=O) groups is 1. The molecule has 0 N–H and O–H groups in total. The smallest absolute Gasteiger partial charge is 0.323 e. The van der Waals surface area contributed by atoms with Crippen LogP contribution in [0.5, 0.6) is 0 Å². The van der Waals surface area contributed by atoms with Gasteiger partial charge in [0.05, 0.1) is 17.2 Å². The molecule has 0 saturated carbocycles. The number of hydrogen-bond acceptors (Lipinski definition) is 2. The monoisotopic (exact) mass is 348 g/mol. The Morgan fingerprint density at radius 1 is 1.45 bits per heavy atom. The fourth-order valence-electron chi connectivity index (χ4n) is 1.59. The first-order valence-corrected chi connectivity index (χ1v) is 6.52. The van der Waals surface area contributed by atoms with Crippen LogP contribution in [0.2, 0.25) is 0 Å². The molecule has 20 heavy (non-hydrogen) atoms. The van der Waals surface area contributed by atoms with Gasteiger partial charge in [0.15, 0.2) is 0 Å². The Bertz CT molecular complexity index is 550. The molecule has 0 aliphatic heterocycles. The minimum absolute atomic E-state index is 0.108. The first-order chi connectivity index (χ1) is 9.18. The van der Waals surface area contributed by atoms with Crippen molar-refractivity contribution in [3.8, 4) is 6.07 Å². The number of amides is 1. The maximum Gasteiger partial charge on any atom is 0.416 e. The Balaban J connectivity index is 3.24. The number of benzene rings is 1. The van der Waals surface area contributed by atoms with Crippen molar-refractivity contribution in [1.29, 1.82) is 5.26 Å². The fourth-order valence-corrected chi connectivity index (χ4v) is 2.00. The minimum Gasteiger partial charge on any atom is -0.323 e. The van der Waals surface area contributed by atoms with Gasteiger partial charge < -0.3 is 4.90 Å². The van der Waals surface area contributed by atoms with Gasteiger partial charge in [0.1, 0.15) is 6.54 Å². The van der Waals surface area contributed by atoms with Gasteiger partial charge in [-0.05, 0) is 48.0 Å². The van der Waals surface area contributed by atoms with Gasteiger partial charge in [0.25, 0.3) is 5.91 Å². The molecular weight excluding hydrogens is 337 g/mol. The van der Waals surface area contributed by atoms with Gasteiger partial charge in [-0.25, -0.2) is 0 Å². The van der Waals surface area contributed by atoms with Gasteiger partial charge in [-0.1, -0.05) is 0 Å². The molecule has 0 unspecified atom stereocenters. The third-order valence-corrected chi connectivity index (χ3v) is 3.34. The second-order valence-electron chi connectivity index (χ2n) is 4.38. The minimum atomic E-state index is -4.52. The number of nitriles is 1. The zero-order valence-corrected chi connectivity index (χ0v) is 12.4. The Labute approximate surface area is 123 Å². The van der Waals surface area contributed by atoms with Crippen molar-refractivity contribution in [3.05, 3.63) is 33.8 Å². The summed E-state index contributed by atoms with van der Waals surface area (Å²) in [6.45, 7) is 3.20. The fraction of sp³-hybridized carbons (Fsp3) is 0.385. The van der Waals surface area contributed by atoms with E-state index in [-0.39, 0.29) is 22.6 Å². The zero-order chi connectivity index (χ0) is 15.5. The summed E-state index contributed by atoms with van der Waals surface area (Å²) < 4.78 is 38.3. The lowest BCUT2D eigenvalue weighted by molar-refractivity contribution is -0.137. The van der Waals surface area contributed by atoms with E-state index in [0.29, 0.717) is 0 Å². The van der Waals surface area contributed by atoms with Gasteiger partial charge in [-0.3, -0.25) is 4.79 Å². The molecule has 0 saturated heterocycles. The van der Waals surface area contributed by atoms with E-state index in [4.69, 9.17) is 5.26 Å². The maximum atomic E-state index is 12.7. The van der Waals surface area contributed by atoms with Crippen LogP contribution in [0.1, 0.15) is 29.8 Å². The summed E-state index contributed by atoms with van der Waals surface area (Å²) in [6.07, 6.45) is -4.52. The molecule has 0 fully saturated rings. The van der Waals surface area contributed by atoms with Crippen LogP contribution in [0.4, 0.5) is 13.2 Å². The molecule has 0 spiro atoms. The second kappa shape index (κ2) is 6.27. The molecule has 1 aromatic rings. The zero-order valence-electron chi connectivity index (χ0n) is 10.8. The quantitative estimate of drug-likeness (QED) is 0.779. The van der Waals surface area contributed by atoms with Gasteiger partial charge >= 0.3 is 6.18 Å². The summed E-state index contributed by atoms with van der Waals surface area (Å²) in [7, 11) is 0. The molecule has 1 aromatic carbocycles. The van der Waals surface area contributed by atoms with Crippen LogP contribution in [0.15, 0.2) is 22.7 Å². The Hall–Kier alpha value is -1.55. The van der Waals surface area contributed by atoms with E-state index in [1.807, 2.05) is 6.07 Å². The van der Waals surface area contributed by atoms with Crippen LogP contribution in [-0.2, 0) is 6.18 Å². The van der Waals surface area contributed by atoms with E-state index in [1.54, 1.807) is 13.8 Å². The highest BCUT2D eigenvalue weighted by molar-refractivity contribution is 9.10. The van der Waals surface area contributed by atoms with Crippen LogP contribution in [0, 0.1) is 11.3 Å². The van der Waals surface area contributed by atoms with Crippen molar-refractivity contribution in [2.75, 3.05) is 6.54 Å². The molecule has 0 aliphatic carbocycles. The summed E-state index contributed by atoms with van der Waals surface area (Å²) in [5, 5.41) is 8.70. The molecule has 108 valence electrons. The standard InChI is InChI=1S/C13H12BrF3N2O/c1-8(2)19(6-5-18)12(20)10-7-9(13(15,16)17)3-4-11(10)14/h3-4,7-8H,6H2,1-2H3. The number of rotatable bonds is 3. The highest BCUT2D eigenvalue weighted by Crippen LogP contribution is 2.32. The molecule has 1 rings (SSSR count). The van der Waals surface area contributed by atoms with Crippen molar-refractivity contribution < 1.29 is 18.0 Å². The van der Waals surface area contributed by atoms with Crippen LogP contribution in [0.25, 0.3) is 0 Å². The first kappa shape index (κ1) is 16.5. The van der Waals surface area contributed by atoms with Crippen molar-refractivity contribution in [3.63, 3.8) is 0 Å². The molecule has 0 aliphatic rings. The van der Waals surface area contributed by atoms with E-state index < -0.39 is 17.6 Å². The van der Waals surface area contributed by atoms with Gasteiger partial charge in [0.2, 0.25) is 0 Å². The number of nitrogens with zero attached hydrogens (tertiary/aromatic N) is 2. The Kier molecular flexibility index (Phi) is 5.17. The third kappa shape index (κ3) is 3.73. The average Bonchev–Trinajstić information content (AvgIpc) is 2.34. The molecule has 7 heteroatoms. The van der Waals surface area contributed by atoms with Crippen molar-refractivity contribution in [1.82, 2.24) is 4.90 Å². The van der Waals surface area contributed by atoms with Crippen LogP contribution in [0.3, 0.4) is 0 Å². The van der Waals surface area contributed by atoms with Crippen LogP contribution in [-0.4, -0.2) is 23.4 Å². The molecule has 0 radical (unpaired) electrons. The normalized spacial score (nSPS) is 11.3. The van der Waals surface area contributed by atoms with Crippen LogP contribution >= 0.6 is 15.9 Å². The van der Waals surface area contributed by atoms with E-state index in [1.165, 1.54) is 11.0 Å². The van der Waals surface area contributed by atoms with E-state index in [9.17, 15) is 18.0 Å². The average molecular weight is 349 g/mol.